The third kappa shape index (κ3) is 4.69. The fourth-order valence-corrected chi connectivity index (χ4v) is 2.14. The summed E-state index contributed by atoms with van der Waals surface area (Å²) in [6.07, 6.45) is 1.52. The average molecular weight is 334 g/mol. The second-order valence-corrected chi connectivity index (χ2v) is 5.16. The largest absolute Gasteiger partial charge is 0.495 e. The molecule has 0 fully saturated rings. The number of benzene rings is 1. The van der Waals surface area contributed by atoms with Crippen LogP contribution < -0.4 is 15.4 Å². The molecule has 1 heterocycles. The van der Waals surface area contributed by atoms with Gasteiger partial charge >= 0.3 is 0 Å². The maximum Gasteiger partial charge on any atom is 0.255 e. The van der Waals surface area contributed by atoms with Crippen LogP contribution in [0.15, 0.2) is 36.5 Å². The van der Waals surface area contributed by atoms with E-state index in [0.717, 1.165) is 0 Å². The van der Waals surface area contributed by atoms with Gasteiger partial charge in [0.25, 0.3) is 5.91 Å². The van der Waals surface area contributed by atoms with Gasteiger partial charge in [-0.05, 0) is 30.3 Å². The summed E-state index contributed by atoms with van der Waals surface area (Å²) >= 11 is 6.03. The molecule has 0 saturated heterocycles. The Morgan fingerprint density at radius 2 is 2.04 bits per heavy atom. The van der Waals surface area contributed by atoms with Crippen LogP contribution in [0.1, 0.15) is 23.0 Å². The number of hydrogen-bond acceptors (Lipinski definition) is 4. The van der Waals surface area contributed by atoms with Gasteiger partial charge in [-0.2, -0.15) is 0 Å². The van der Waals surface area contributed by atoms with E-state index in [1.165, 1.54) is 20.2 Å². The fourth-order valence-electron chi connectivity index (χ4n) is 1.88. The molecule has 2 rings (SSSR count). The molecule has 0 aliphatic rings. The SMILES string of the molecule is COc1ccc(NC(=O)c2ccnc(CNC(C)=O)c2)cc1Cl. The van der Waals surface area contributed by atoms with Gasteiger partial charge in [0.1, 0.15) is 5.75 Å². The van der Waals surface area contributed by atoms with E-state index in [9.17, 15) is 9.59 Å². The maximum atomic E-state index is 12.3. The zero-order chi connectivity index (χ0) is 16.8. The lowest BCUT2D eigenvalue weighted by molar-refractivity contribution is -0.119. The lowest BCUT2D eigenvalue weighted by atomic mass is 10.2. The van der Waals surface area contributed by atoms with Gasteiger partial charge in [-0.1, -0.05) is 11.6 Å². The molecule has 0 bridgehead atoms. The summed E-state index contributed by atoms with van der Waals surface area (Å²) in [6.45, 7) is 1.69. The predicted octanol–water partition coefficient (Wildman–Crippen LogP) is 2.63. The van der Waals surface area contributed by atoms with E-state index in [1.807, 2.05) is 0 Å². The van der Waals surface area contributed by atoms with E-state index in [0.29, 0.717) is 27.7 Å². The van der Waals surface area contributed by atoms with Crippen molar-refractivity contribution in [2.75, 3.05) is 12.4 Å². The van der Waals surface area contributed by atoms with Crippen molar-refractivity contribution in [3.63, 3.8) is 0 Å². The van der Waals surface area contributed by atoms with Crippen molar-refractivity contribution < 1.29 is 14.3 Å². The van der Waals surface area contributed by atoms with Gasteiger partial charge in [0.15, 0.2) is 0 Å². The van der Waals surface area contributed by atoms with Gasteiger partial charge < -0.3 is 15.4 Å². The van der Waals surface area contributed by atoms with Crippen molar-refractivity contribution in [2.24, 2.45) is 0 Å². The molecule has 0 atom stereocenters. The van der Waals surface area contributed by atoms with E-state index >= 15 is 0 Å². The first-order valence-corrected chi connectivity index (χ1v) is 7.21. The number of methoxy groups -OCH3 is 1. The van der Waals surface area contributed by atoms with Gasteiger partial charge in [-0.15, -0.1) is 0 Å². The first kappa shape index (κ1) is 16.8. The topological polar surface area (TPSA) is 80.3 Å². The number of carbonyl (C=O) groups is 2. The standard InChI is InChI=1S/C16H16ClN3O3/c1-10(21)19-9-13-7-11(5-6-18-13)16(22)20-12-3-4-15(23-2)14(17)8-12/h3-8H,9H2,1-2H3,(H,19,21)(H,20,22). The number of aromatic nitrogens is 1. The summed E-state index contributed by atoms with van der Waals surface area (Å²) in [4.78, 5) is 27.3. The molecule has 0 radical (unpaired) electrons. The number of carbonyl (C=O) groups excluding carboxylic acids is 2. The minimum Gasteiger partial charge on any atom is -0.495 e. The molecule has 2 amide bonds. The molecular weight excluding hydrogens is 318 g/mol. The smallest absolute Gasteiger partial charge is 0.255 e. The van der Waals surface area contributed by atoms with Crippen LogP contribution in [0.5, 0.6) is 5.75 Å². The summed E-state index contributed by atoms with van der Waals surface area (Å²) in [6, 6.07) is 8.19. The highest BCUT2D eigenvalue weighted by Crippen LogP contribution is 2.27. The van der Waals surface area contributed by atoms with E-state index in [4.69, 9.17) is 16.3 Å². The monoisotopic (exact) mass is 333 g/mol. The Morgan fingerprint density at radius 3 is 2.70 bits per heavy atom. The quantitative estimate of drug-likeness (QED) is 0.881. The maximum absolute atomic E-state index is 12.3. The second-order valence-electron chi connectivity index (χ2n) is 4.75. The van der Waals surface area contributed by atoms with Crippen LogP contribution in [0.3, 0.4) is 0 Å². The Hall–Kier alpha value is -2.60. The molecule has 2 aromatic rings. The number of ether oxygens (including phenoxy) is 1. The number of hydrogen-bond donors (Lipinski definition) is 2. The second kappa shape index (κ2) is 7.60. The Bertz CT molecular complexity index is 734. The van der Waals surface area contributed by atoms with E-state index < -0.39 is 0 Å². The molecule has 0 aliphatic heterocycles. The molecule has 1 aromatic heterocycles. The van der Waals surface area contributed by atoms with Crippen LogP contribution in [0.4, 0.5) is 5.69 Å². The molecule has 6 nitrogen and oxygen atoms in total. The third-order valence-corrected chi connectivity index (χ3v) is 3.30. The van der Waals surface area contributed by atoms with E-state index in [2.05, 4.69) is 15.6 Å². The molecule has 2 N–H and O–H groups in total. The summed E-state index contributed by atoms with van der Waals surface area (Å²) in [5.41, 5.74) is 1.59. The first-order valence-electron chi connectivity index (χ1n) is 6.84. The molecular formula is C16H16ClN3O3. The Kier molecular flexibility index (Phi) is 5.54. The Morgan fingerprint density at radius 1 is 1.26 bits per heavy atom. The minimum absolute atomic E-state index is 0.158. The highest BCUT2D eigenvalue weighted by atomic mass is 35.5. The van der Waals surface area contributed by atoms with Gasteiger partial charge in [0.2, 0.25) is 5.91 Å². The van der Waals surface area contributed by atoms with E-state index in [-0.39, 0.29) is 18.4 Å². The highest BCUT2D eigenvalue weighted by molar-refractivity contribution is 6.32. The summed E-state index contributed by atoms with van der Waals surface area (Å²) in [5, 5.41) is 5.79. The molecule has 0 saturated carbocycles. The normalized spacial score (nSPS) is 10.0. The minimum atomic E-state index is -0.294. The fraction of sp³-hybridized carbons (Fsp3) is 0.188. The molecule has 0 unspecified atom stereocenters. The first-order chi connectivity index (χ1) is 11.0. The summed E-state index contributed by atoms with van der Waals surface area (Å²) in [5.74, 6) is 0.0819. The summed E-state index contributed by atoms with van der Waals surface area (Å²) in [7, 11) is 1.52. The molecule has 23 heavy (non-hydrogen) atoms. The molecule has 0 spiro atoms. The van der Waals surface area contributed by atoms with Crippen molar-refractivity contribution >= 4 is 29.1 Å². The van der Waals surface area contributed by atoms with Crippen LogP contribution >= 0.6 is 11.6 Å². The lowest BCUT2D eigenvalue weighted by Crippen LogP contribution is -2.20. The third-order valence-electron chi connectivity index (χ3n) is 3.01. The van der Waals surface area contributed by atoms with Crippen LogP contribution in [0, 0.1) is 0 Å². The molecule has 120 valence electrons. The number of pyridine rings is 1. The summed E-state index contributed by atoms with van der Waals surface area (Å²) < 4.78 is 5.06. The number of anilines is 1. The Labute approximate surface area is 138 Å². The van der Waals surface area contributed by atoms with Crippen molar-refractivity contribution in [1.82, 2.24) is 10.3 Å². The molecule has 0 aliphatic carbocycles. The van der Waals surface area contributed by atoms with Crippen LogP contribution in [0.2, 0.25) is 5.02 Å². The number of rotatable bonds is 5. The van der Waals surface area contributed by atoms with Crippen molar-refractivity contribution in [1.29, 1.82) is 0 Å². The van der Waals surface area contributed by atoms with Crippen molar-refractivity contribution in [3.8, 4) is 5.75 Å². The van der Waals surface area contributed by atoms with Gasteiger partial charge in [-0.3, -0.25) is 14.6 Å². The number of nitrogens with one attached hydrogen (secondary N) is 2. The zero-order valence-corrected chi connectivity index (χ0v) is 13.5. The van der Waals surface area contributed by atoms with Gasteiger partial charge in [0, 0.05) is 24.4 Å². The average Bonchev–Trinajstić information content (AvgIpc) is 2.53. The number of nitrogens with zero attached hydrogens (tertiary/aromatic N) is 1. The number of amides is 2. The van der Waals surface area contributed by atoms with Crippen molar-refractivity contribution in [3.05, 3.63) is 52.8 Å². The van der Waals surface area contributed by atoms with Gasteiger partial charge in [0.05, 0.1) is 24.4 Å². The zero-order valence-electron chi connectivity index (χ0n) is 12.7. The van der Waals surface area contributed by atoms with Crippen LogP contribution in [-0.2, 0) is 11.3 Å². The highest BCUT2D eigenvalue weighted by Gasteiger charge is 2.09. The molecule has 7 heteroatoms. The van der Waals surface area contributed by atoms with Crippen LogP contribution in [-0.4, -0.2) is 23.9 Å². The van der Waals surface area contributed by atoms with Gasteiger partial charge in [-0.25, -0.2) is 0 Å². The van der Waals surface area contributed by atoms with E-state index in [1.54, 1.807) is 30.3 Å². The van der Waals surface area contributed by atoms with Crippen LogP contribution in [0.25, 0.3) is 0 Å². The van der Waals surface area contributed by atoms with Crippen molar-refractivity contribution in [2.45, 2.75) is 13.5 Å². The molecule has 1 aromatic carbocycles. The lowest BCUT2D eigenvalue weighted by Gasteiger charge is -2.09. The number of halogens is 1. The predicted molar refractivity (Wildman–Crippen MR) is 87.7 cm³/mol. The Balaban J connectivity index is 2.09.